The van der Waals surface area contributed by atoms with Gasteiger partial charge in [-0.2, -0.15) is 5.26 Å². The van der Waals surface area contributed by atoms with Crippen LogP contribution in [0, 0.1) is 23.0 Å². The lowest BCUT2D eigenvalue weighted by Gasteiger charge is -2.33. The van der Waals surface area contributed by atoms with E-state index < -0.39 is 17.7 Å². The van der Waals surface area contributed by atoms with Crippen LogP contribution in [0.1, 0.15) is 23.1 Å². The summed E-state index contributed by atoms with van der Waals surface area (Å²) in [6.45, 7) is 2.08. The molecule has 0 radical (unpaired) electrons. The van der Waals surface area contributed by atoms with Crippen molar-refractivity contribution in [3.8, 4) is 17.2 Å². The lowest BCUT2D eigenvalue weighted by Crippen LogP contribution is -2.45. The van der Waals surface area contributed by atoms with Gasteiger partial charge >= 0.3 is 6.09 Å². The van der Waals surface area contributed by atoms with Crippen LogP contribution in [-0.4, -0.2) is 58.3 Å². The van der Waals surface area contributed by atoms with Crippen molar-refractivity contribution in [1.29, 1.82) is 5.26 Å². The number of aromatic nitrogens is 2. The lowest BCUT2D eigenvalue weighted by atomic mass is 9.90. The number of amides is 1. The molecule has 2 atom stereocenters. The predicted octanol–water partition coefficient (Wildman–Crippen LogP) is 4.67. The standard InChI is InChI=1S/C26H20F2N6O3S/c1-33-6-12-4-11(33)7-34(12)24-20-16-9-37-8-15(16)18(21(28)22(20)30-10-31-24)13-2-3-17(27)23-19(13)14(5-29)25(38-23)32-26(35)36/h2-3,10-12,32H,4,6-9H2,1H3,(H,35,36)/t11-,12-/m1/s1. The highest BCUT2D eigenvalue weighted by Gasteiger charge is 2.43. The number of halogens is 2. The SMILES string of the molecule is CN1C[C@H]2C[C@@H]1CN2c1ncnc2c(F)c(-c3ccc(F)c4sc(NC(=O)O)c(C#N)c34)c3c(c12)COC3. The highest BCUT2D eigenvalue weighted by Crippen LogP contribution is 2.48. The van der Waals surface area contributed by atoms with Crippen LogP contribution in [0.4, 0.5) is 24.4 Å². The lowest BCUT2D eigenvalue weighted by molar-refractivity contribution is 0.135. The third kappa shape index (κ3) is 3.16. The summed E-state index contributed by atoms with van der Waals surface area (Å²) in [7, 11) is 2.11. The summed E-state index contributed by atoms with van der Waals surface area (Å²) in [6.07, 6.45) is 1.01. The summed E-state index contributed by atoms with van der Waals surface area (Å²) < 4.78 is 37.3. The summed E-state index contributed by atoms with van der Waals surface area (Å²) in [5.74, 6) is -0.546. The number of nitrogens with zero attached hydrogens (tertiary/aromatic N) is 5. The van der Waals surface area contributed by atoms with E-state index in [0.717, 1.165) is 36.4 Å². The molecule has 0 unspecified atom stereocenters. The number of thiophene rings is 1. The van der Waals surface area contributed by atoms with E-state index in [1.807, 2.05) is 6.07 Å². The molecule has 0 aliphatic carbocycles. The zero-order valence-corrected chi connectivity index (χ0v) is 20.9. The first-order valence-electron chi connectivity index (χ1n) is 12.0. The molecular formula is C26H20F2N6O3S. The minimum absolute atomic E-state index is 0.0193. The third-order valence-electron chi connectivity index (χ3n) is 7.89. The van der Waals surface area contributed by atoms with Crippen molar-refractivity contribution < 1.29 is 23.4 Å². The maximum atomic E-state index is 16.6. The predicted molar refractivity (Wildman–Crippen MR) is 137 cm³/mol. The van der Waals surface area contributed by atoms with Crippen molar-refractivity contribution in [3.05, 3.63) is 46.8 Å². The van der Waals surface area contributed by atoms with Gasteiger partial charge in [0.2, 0.25) is 0 Å². The van der Waals surface area contributed by atoms with Crippen LogP contribution in [0.5, 0.6) is 0 Å². The number of carbonyl (C=O) groups is 1. The van der Waals surface area contributed by atoms with Crippen LogP contribution in [0.3, 0.4) is 0 Å². The quantitative estimate of drug-likeness (QED) is 0.390. The number of hydrogen-bond donors (Lipinski definition) is 2. The molecular weight excluding hydrogens is 514 g/mol. The topological polar surface area (TPSA) is 115 Å². The van der Waals surface area contributed by atoms with E-state index in [2.05, 4.69) is 32.1 Å². The van der Waals surface area contributed by atoms with Crippen LogP contribution >= 0.6 is 11.3 Å². The molecule has 2 aromatic carbocycles. The molecule has 3 aliphatic heterocycles. The number of nitriles is 1. The molecule has 7 rings (SSSR count). The summed E-state index contributed by atoms with van der Waals surface area (Å²) in [5, 5.41) is 22.0. The number of anilines is 2. The normalized spacial score (nSPS) is 20.4. The van der Waals surface area contributed by atoms with Gasteiger partial charge in [0.05, 0.1) is 28.9 Å². The van der Waals surface area contributed by atoms with E-state index in [-0.39, 0.29) is 56.5 Å². The average Bonchev–Trinajstić information content (AvgIpc) is 3.67. The van der Waals surface area contributed by atoms with Crippen LogP contribution in [0.25, 0.3) is 32.1 Å². The van der Waals surface area contributed by atoms with Crippen LogP contribution in [0.15, 0.2) is 18.5 Å². The van der Waals surface area contributed by atoms with E-state index in [4.69, 9.17) is 4.74 Å². The summed E-state index contributed by atoms with van der Waals surface area (Å²) in [5.41, 5.74) is 1.92. The van der Waals surface area contributed by atoms with Gasteiger partial charge in [0.25, 0.3) is 0 Å². The van der Waals surface area contributed by atoms with Gasteiger partial charge < -0.3 is 14.7 Å². The number of likely N-dealkylation sites (tertiary alicyclic amines) is 1. The molecule has 1 amide bonds. The highest BCUT2D eigenvalue weighted by molar-refractivity contribution is 7.23. The van der Waals surface area contributed by atoms with Gasteiger partial charge in [0.15, 0.2) is 5.82 Å². The fourth-order valence-corrected chi connectivity index (χ4v) is 7.31. The van der Waals surface area contributed by atoms with Crippen molar-refractivity contribution in [3.63, 3.8) is 0 Å². The first-order valence-corrected chi connectivity index (χ1v) is 12.9. The minimum atomic E-state index is -1.38. The number of carboxylic acid groups (broad SMARTS) is 1. The molecule has 12 heteroatoms. The first kappa shape index (κ1) is 23.2. The number of rotatable bonds is 3. The van der Waals surface area contributed by atoms with Crippen molar-refractivity contribution >= 4 is 49.2 Å². The van der Waals surface area contributed by atoms with Crippen molar-refractivity contribution in [2.45, 2.75) is 31.7 Å². The number of hydrogen-bond acceptors (Lipinski definition) is 8. The first-order chi connectivity index (χ1) is 18.4. The Bertz CT molecular complexity index is 1730. The smallest absolute Gasteiger partial charge is 0.409 e. The number of fused-ring (bicyclic) bond motifs is 6. The summed E-state index contributed by atoms with van der Waals surface area (Å²) in [4.78, 5) is 24.8. The Labute approximate surface area is 218 Å². The molecule has 0 saturated carbocycles. The number of ether oxygens (including phenoxy) is 1. The highest BCUT2D eigenvalue weighted by atomic mass is 32.1. The minimum Gasteiger partial charge on any atom is -0.465 e. The van der Waals surface area contributed by atoms with Gasteiger partial charge in [0.1, 0.15) is 34.5 Å². The molecule has 9 nitrogen and oxygen atoms in total. The molecule has 0 spiro atoms. The Morgan fingerprint density at radius 1 is 1.21 bits per heavy atom. The maximum Gasteiger partial charge on any atom is 0.409 e. The molecule has 5 heterocycles. The van der Waals surface area contributed by atoms with Gasteiger partial charge in [-0.1, -0.05) is 6.07 Å². The summed E-state index contributed by atoms with van der Waals surface area (Å²) in [6, 6.07) is 5.31. The number of likely N-dealkylation sites (N-methyl/N-ethyl adjacent to an activating group) is 1. The van der Waals surface area contributed by atoms with E-state index in [9.17, 15) is 19.6 Å². The second-order valence-electron chi connectivity index (χ2n) is 9.84. The van der Waals surface area contributed by atoms with Gasteiger partial charge in [0, 0.05) is 36.1 Å². The molecule has 2 N–H and O–H groups in total. The van der Waals surface area contributed by atoms with Crippen molar-refractivity contribution in [1.82, 2.24) is 14.9 Å². The zero-order valence-electron chi connectivity index (χ0n) is 20.1. The Morgan fingerprint density at radius 2 is 2.03 bits per heavy atom. The largest absolute Gasteiger partial charge is 0.465 e. The van der Waals surface area contributed by atoms with E-state index >= 15 is 4.39 Å². The number of nitrogens with one attached hydrogen (secondary N) is 1. The number of benzene rings is 2. The fourth-order valence-electron chi connectivity index (χ4n) is 6.24. The number of piperazine rings is 1. The second kappa shape index (κ2) is 8.29. The van der Waals surface area contributed by atoms with Gasteiger partial charge in [-0.05, 0) is 36.2 Å². The molecule has 3 aliphatic rings. The van der Waals surface area contributed by atoms with Gasteiger partial charge in [-0.15, -0.1) is 11.3 Å². The molecule has 2 aromatic heterocycles. The Morgan fingerprint density at radius 3 is 2.74 bits per heavy atom. The van der Waals surface area contributed by atoms with E-state index in [1.54, 1.807) is 0 Å². The molecule has 2 bridgehead atoms. The van der Waals surface area contributed by atoms with Crippen LogP contribution in [-0.2, 0) is 18.0 Å². The van der Waals surface area contributed by atoms with Crippen molar-refractivity contribution in [2.24, 2.45) is 0 Å². The van der Waals surface area contributed by atoms with E-state index in [1.165, 1.54) is 18.5 Å². The third-order valence-corrected chi connectivity index (χ3v) is 9.01. The monoisotopic (exact) mass is 534 g/mol. The average molecular weight is 535 g/mol. The Hall–Kier alpha value is -3.92. The van der Waals surface area contributed by atoms with Gasteiger partial charge in [-0.25, -0.2) is 23.5 Å². The van der Waals surface area contributed by atoms with Crippen LogP contribution < -0.4 is 10.2 Å². The van der Waals surface area contributed by atoms with E-state index in [0.29, 0.717) is 22.8 Å². The van der Waals surface area contributed by atoms with Crippen molar-refractivity contribution in [2.75, 3.05) is 30.4 Å². The molecule has 2 saturated heterocycles. The molecule has 38 heavy (non-hydrogen) atoms. The Balaban J connectivity index is 1.50. The molecule has 4 aromatic rings. The zero-order chi connectivity index (χ0) is 26.3. The molecule has 192 valence electrons. The van der Waals surface area contributed by atoms with Crippen LogP contribution in [0.2, 0.25) is 0 Å². The molecule has 2 fully saturated rings. The Kier molecular flexibility index (Phi) is 5.07. The summed E-state index contributed by atoms with van der Waals surface area (Å²) >= 11 is 0.802. The fraction of sp³-hybridized carbons (Fsp3) is 0.308. The van der Waals surface area contributed by atoms with Gasteiger partial charge in [-0.3, -0.25) is 10.2 Å². The maximum absolute atomic E-state index is 16.6. The second-order valence-corrected chi connectivity index (χ2v) is 10.9.